The van der Waals surface area contributed by atoms with Gasteiger partial charge in [0.25, 0.3) is 0 Å². The van der Waals surface area contributed by atoms with Crippen LogP contribution in [0, 0.1) is 0 Å². The van der Waals surface area contributed by atoms with Gasteiger partial charge in [-0.15, -0.1) is 0 Å². The minimum absolute atomic E-state index is 0.475. The van der Waals surface area contributed by atoms with Crippen molar-refractivity contribution in [2.45, 2.75) is 20.0 Å². The average Bonchev–Trinajstić information content (AvgIpc) is 2.47. The van der Waals surface area contributed by atoms with Crippen LogP contribution in [-0.2, 0) is 13.0 Å². The summed E-state index contributed by atoms with van der Waals surface area (Å²) in [6.45, 7) is 2.55. The van der Waals surface area contributed by atoms with Crippen molar-refractivity contribution >= 4 is 27.5 Å². The van der Waals surface area contributed by atoms with Crippen molar-refractivity contribution in [3.05, 3.63) is 57.0 Å². The first-order valence-corrected chi connectivity index (χ1v) is 7.54. The number of hydrogen-bond acceptors (Lipinski definition) is 2. The molecule has 2 aromatic rings. The highest BCUT2D eigenvalue weighted by Crippen LogP contribution is 2.26. The van der Waals surface area contributed by atoms with Gasteiger partial charge < -0.3 is 9.47 Å². The first-order valence-electron chi connectivity index (χ1n) is 6.37. The van der Waals surface area contributed by atoms with Gasteiger partial charge >= 0.3 is 0 Å². The van der Waals surface area contributed by atoms with Crippen molar-refractivity contribution in [3.8, 4) is 11.5 Å². The molecule has 0 N–H and O–H groups in total. The number of rotatable bonds is 5. The zero-order chi connectivity index (χ0) is 14.5. The molecule has 0 aromatic heterocycles. The third-order valence-electron chi connectivity index (χ3n) is 3.05. The average molecular weight is 356 g/mol. The van der Waals surface area contributed by atoms with E-state index in [0.717, 1.165) is 38.5 Å². The number of halogens is 2. The molecule has 0 saturated heterocycles. The molecular formula is C16H16BrClO2. The second kappa shape index (κ2) is 7.00. The van der Waals surface area contributed by atoms with E-state index in [4.69, 9.17) is 21.1 Å². The Morgan fingerprint density at radius 1 is 1.05 bits per heavy atom. The summed E-state index contributed by atoms with van der Waals surface area (Å²) < 4.78 is 12.0. The Balaban J connectivity index is 2.12. The summed E-state index contributed by atoms with van der Waals surface area (Å²) >= 11 is 9.61. The van der Waals surface area contributed by atoms with Gasteiger partial charge in [-0.05, 0) is 48.4 Å². The number of methoxy groups -OCH3 is 1. The van der Waals surface area contributed by atoms with Crippen molar-refractivity contribution in [2.24, 2.45) is 0 Å². The second-order valence-electron chi connectivity index (χ2n) is 4.35. The van der Waals surface area contributed by atoms with Gasteiger partial charge in [0.15, 0.2) is 0 Å². The predicted octanol–water partition coefficient (Wildman–Crippen LogP) is 5.25. The molecule has 20 heavy (non-hydrogen) atoms. The molecule has 0 unspecified atom stereocenters. The molecule has 2 rings (SSSR count). The standard InChI is InChI=1S/C16H16BrClO2/c1-3-11-8-14(5-7-16(11)18)20-10-12-9-13(19-2)4-6-15(12)17/h4-9H,3,10H2,1-2H3. The Labute approximate surface area is 132 Å². The van der Waals surface area contributed by atoms with Crippen molar-refractivity contribution in [1.29, 1.82) is 0 Å². The van der Waals surface area contributed by atoms with Crippen LogP contribution in [-0.4, -0.2) is 7.11 Å². The highest BCUT2D eigenvalue weighted by atomic mass is 79.9. The maximum Gasteiger partial charge on any atom is 0.120 e. The lowest BCUT2D eigenvalue weighted by Crippen LogP contribution is -1.98. The van der Waals surface area contributed by atoms with Gasteiger partial charge in [-0.3, -0.25) is 0 Å². The third kappa shape index (κ3) is 3.68. The first kappa shape index (κ1) is 15.2. The maximum absolute atomic E-state index is 6.10. The topological polar surface area (TPSA) is 18.5 Å². The van der Waals surface area contributed by atoms with Crippen LogP contribution in [0.4, 0.5) is 0 Å². The van der Waals surface area contributed by atoms with E-state index in [-0.39, 0.29) is 0 Å². The van der Waals surface area contributed by atoms with Crippen LogP contribution >= 0.6 is 27.5 Å². The fraction of sp³-hybridized carbons (Fsp3) is 0.250. The highest BCUT2D eigenvalue weighted by molar-refractivity contribution is 9.10. The normalized spacial score (nSPS) is 10.4. The van der Waals surface area contributed by atoms with Crippen molar-refractivity contribution in [2.75, 3.05) is 7.11 Å². The van der Waals surface area contributed by atoms with E-state index in [1.54, 1.807) is 7.11 Å². The van der Waals surface area contributed by atoms with Crippen LogP contribution in [0.3, 0.4) is 0 Å². The SMILES string of the molecule is CCc1cc(OCc2cc(OC)ccc2Br)ccc1Cl. The smallest absolute Gasteiger partial charge is 0.120 e. The maximum atomic E-state index is 6.10. The van der Waals surface area contributed by atoms with Gasteiger partial charge in [-0.25, -0.2) is 0 Å². The molecule has 0 aliphatic rings. The first-order chi connectivity index (χ1) is 9.63. The van der Waals surface area contributed by atoms with Crippen LogP contribution in [0.15, 0.2) is 40.9 Å². The molecule has 0 aliphatic heterocycles. The fourth-order valence-corrected chi connectivity index (χ4v) is 2.47. The van der Waals surface area contributed by atoms with E-state index < -0.39 is 0 Å². The van der Waals surface area contributed by atoms with Crippen molar-refractivity contribution in [3.63, 3.8) is 0 Å². The lowest BCUT2D eigenvalue weighted by Gasteiger charge is -2.11. The number of hydrogen-bond donors (Lipinski definition) is 0. The fourth-order valence-electron chi connectivity index (χ4n) is 1.86. The van der Waals surface area contributed by atoms with E-state index in [9.17, 15) is 0 Å². The molecule has 106 valence electrons. The molecule has 2 nitrogen and oxygen atoms in total. The van der Waals surface area contributed by atoms with E-state index >= 15 is 0 Å². The molecule has 2 aromatic carbocycles. The Morgan fingerprint density at radius 2 is 1.75 bits per heavy atom. The molecule has 0 amide bonds. The lowest BCUT2D eigenvalue weighted by molar-refractivity contribution is 0.304. The van der Waals surface area contributed by atoms with Gasteiger partial charge in [0.1, 0.15) is 18.1 Å². The molecule has 0 fully saturated rings. The highest BCUT2D eigenvalue weighted by Gasteiger charge is 2.05. The van der Waals surface area contributed by atoms with Gasteiger partial charge in [0.05, 0.1) is 7.11 Å². The lowest BCUT2D eigenvalue weighted by atomic mass is 10.1. The van der Waals surface area contributed by atoms with Gasteiger partial charge in [0, 0.05) is 15.1 Å². The summed E-state index contributed by atoms with van der Waals surface area (Å²) in [7, 11) is 1.65. The molecular weight excluding hydrogens is 340 g/mol. The zero-order valence-corrected chi connectivity index (χ0v) is 13.8. The molecule has 0 saturated carbocycles. The molecule has 0 spiro atoms. The predicted molar refractivity (Wildman–Crippen MR) is 85.9 cm³/mol. The van der Waals surface area contributed by atoms with Gasteiger partial charge in [-0.1, -0.05) is 34.5 Å². The molecule has 0 heterocycles. The van der Waals surface area contributed by atoms with Crippen LogP contribution in [0.1, 0.15) is 18.1 Å². The van der Waals surface area contributed by atoms with Gasteiger partial charge in [-0.2, -0.15) is 0 Å². The molecule has 0 atom stereocenters. The summed E-state index contributed by atoms with van der Waals surface area (Å²) in [6, 6.07) is 11.6. The Bertz CT molecular complexity index is 599. The second-order valence-corrected chi connectivity index (χ2v) is 5.61. The van der Waals surface area contributed by atoms with Crippen molar-refractivity contribution < 1.29 is 9.47 Å². The van der Waals surface area contributed by atoms with Crippen LogP contribution in [0.2, 0.25) is 5.02 Å². The minimum atomic E-state index is 0.475. The molecule has 0 radical (unpaired) electrons. The zero-order valence-electron chi connectivity index (χ0n) is 11.5. The molecule has 0 bridgehead atoms. The monoisotopic (exact) mass is 354 g/mol. The molecule has 0 aliphatic carbocycles. The van der Waals surface area contributed by atoms with E-state index in [1.807, 2.05) is 36.4 Å². The summed E-state index contributed by atoms with van der Waals surface area (Å²) in [5.41, 5.74) is 2.13. The summed E-state index contributed by atoms with van der Waals surface area (Å²) in [4.78, 5) is 0. The largest absolute Gasteiger partial charge is 0.497 e. The van der Waals surface area contributed by atoms with E-state index in [0.29, 0.717) is 6.61 Å². The summed E-state index contributed by atoms with van der Waals surface area (Å²) in [6.07, 6.45) is 0.888. The third-order valence-corrected chi connectivity index (χ3v) is 4.19. The number of ether oxygens (including phenoxy) is 2. The molecule has 4 heteroatoms. The van der Waals surface area contributed by atoms with Crippen molar-refractivity contribution in [1.82, 2.24) is 0 Å². The minimum Gasteiger partial charge on any atom is -0.497 e. The van der Waals surface area contributed by atoms with Gasteiger partial charge in [0.2, 0.25) is 0 Å². The number of aryl methyl sites for hydroxylation is 1. The van der Waals surface area contributed by atoms with Crippen LogP contribution in [0.5, 0.6) is 11.5 Å². The summed E-state index contributed by atoms with van der Waals surface area (Å²) in [5, 5.41) is 0.780. The van der Waals surface area contributed by atoms with Crippen LogP contribution < -0.4 is 9.47 Å². The summed E-state index contributed by atoms with van der Waals surface area (Å²) in [5.74, 6) is 1.64. The number of benzene rings is 2. The van der Waals surface area contributed by atoms with Crippen LogP contribution in [0.25, 0.3) is 0 Å². The van der Waals surface area contributed by atoms with E-state index in [2.05, 4.69) is 22.9 Å². The quantitative estimate of drug-likeness (QED) is 0.729. The Morgan fingerprint density at radius 3 is 2.45 bits per heavy atom. The van der Waals surface area contributed by atoms with E-state index in [1.165, 1.54) is 0 Å². The Hall–Kier alpha value is -1.19. The Kier molecular flexibility index (Phi) is 5.32.